The van der Waals surface area contributed by atoms with Gasteiger partial charge in [0, 0.05) is 24.8 Å². The van der Waals surface area contributed by atoms with Crippen LogP contribution < -0.4 is 0 Å². The minimum Gasteiger partial charge on any atom is -0.481 e. The molecule has 0 unspecified atom stereocenters. The highest BCUT2D eigenvalue weighted by Crippen LogP contribution is 2.26. The number of fused-ring (bicyclic) bond motifs is 1. The second kappa shape index (κ2) is 7.86. The molecule has 7 heteroatoms. The number of carbonyl (C=O) groups excluding carboxylic acids is 2. The van der Waals surface area contributed by atoms with Crippen LogP contribution in [-0.2, 0) is 20.8 Å². The number of carbonyl (C=O) groups is 3. The van der Waals surface area contributed by atoms with E-state index in [0.717, 1.165) is 15.6 Å². The van der Waals surface area contributed by atoms with E-state index in [4.69, 9.17) is 5.11 Å². The Balaban J connectivity index is 1.54. The van der Waals surface area contributed by atoms with Crippen LogP contribution >= 0.6 is 11.3 Å². The largest absolute Gasteiger partial charge is 0.481 e. The van der Waals surface area contributed by atoms with Crippen LogP contribution in [0.1, 0.15) is 18.4 Å². The summed E-state index contributed by atoms with van der Waals surface area (Å²) in [5.41, 5.74) is 0.983. The molecule has 0 bridgehead atoms. The number of thiophene rings is 1. The quantitative estimate of drug-likeness (QED) is 0.871. The summed E-state index contributed by atoms with van der Waals surface area (Å²) in [6, 6.07) is 7.97. The van der Waals surface area contributed by atoms with E-state index in [1.807, 2.05) is 29.6 Å². The molecule has 0 radical (unpaired) electrons. The predicted molar refractivity (Wildman–Crippen MR) is 100 cm³/mol. The van der Waals surface area contributed by atoms with E-state index in [1.165, 1.54) is 4.90 Å². The molecule has 0 atom stereocenters. The highest BCUT2D eigenvalue weighted by molar-refractivity contribution is 7.17. The minimum absolute atomic E-state index is 0.0264. The van der Waals surface area contributed by atoms with Crippen LogP contribution in [0.2, 0.25) is 0 Å². The van der Waals surface area contributed by atoms with Gasteiger partial charge >= 0.3 is 5.97 Å². The number of hydrogen-bond acceptors (Lipinski definition) is 4. The van der Waals surface area contributed by atoms with Gasteiger partial charge in [-0.1, -0.05) is 18.2 Å². The molecule has 1 aromatic heterocycles. The molecule has 6 nitrogen and oxygen atoms in total. The summed E-state index contributed by atoms with van der Waals surface area (Å²) in [6.45, 7) is 0.901. The number of rotatable bonds is 5. The maximum Gasteiger partial charge on any atom is 0.306 e. The number of nitrogens with zero attached hydrogens (tertiary/aromatic N) is 2. The number of benzene rings is 1. The molecule has 1 aliphatic heterocycles. The van der Waals surface area contributed by atoms with Crippen LogP contribution in [0.25, 0.3) is 10.1 Å². The SMILES string of the molecule is CN(CC(=O)N1CCC(C(=O)O)CC1)C(=O)Cc1csc2ccccc12. The molecule has 1 N–H and O–H groups in total. The van der Waals surface area contributed by atoms with Gasteiger partial charge in [-0.15, -0.1) is 11.3 Å². The van der Waals surface area contributed by atoms with Crippen LogP contribution in [0.3, 0.4) is 0 Å². The van der Waals surface area contributed by atoms with Crippen LogP contribution in [-0.4, -0.2) is 59.4 Å². The number of hydrogen-bond donors (Lipinski definition) is 1. The van der Waals surface area contributed by atoms with Gasteiger partial charge in [0.1, 0.15) is 0 Å². The van der Waals surface area contributed by atoms with E-state index in [1.54, 1.807) is 23.3 Å². The Morgan fingerprint density at radius 1 is 1.23 bits per heavy atom. The summed E-state index contributed by atoms with van der Waals surface area (Å²) in [4.78, 5) is 39.0. The average Bonchev–Trinajstić information content (AvgIpc) is 3.04. The second-order valence-electron chi connectivity index (χ2n) is 6.68. The standard InChI is InChI=1S/C19H22N2O4S/c1-20(11-18(23)21-8-6-13(7-9-21)19(24)25)17(22)10-14-12-26-16-5-3-2-4-15(14)16/h2-5,12-13H,6-11H2,1H3,(H,24,25). The Kier molecular flexibility index (Phi) is 5.56. The Bertz CT molecular complexity index is 824. The zero-order chi connectivity index (χ0) is 18.7. The van der Waals surface area contributed by atoms with E-state index < -0.39 is 5.97 Å². The summed E-state index contributed by atoms with van der Waals surface area (Å²) in [5, 5.41) is 12.1. The molecule has 1 saturated heterocycles. The molecule has 1 aromatic carbocycles. The molecule has 3 rings (SSSR count). The summed E-state index contributed by atoms with van der Waals surface area (Å²) < 4.78 is 1.15. The number of aliphatic carboxylic acids is 1. The van der Waals surface area contributed by atoms with E-state index >= 15 is 0 Å². The lowest BCUT2D eigenvalue weighted by Crippen LogP contribution is -2.45. The molecule has 1 fully saturated rings. The molecule has 2 amide bonds. The number of likely N-dealkylation sites (tertiary alicyclic amines) is 1. The van der Waals surface area contributed by atoms with E-state index in [2.05, 4.69) is 0 Å². The van der Waals surface area contributed by atoms with Gasteiger partial charge in [-0.05, 0) is 35.2 Å². The van der Waals surface area contributed by atoms with Crippen LogP contribution in [0.5, 0.6) is 0 Å². The van der Waals surface area contributed by atoms with Crippen molar-refractivity contribution in [1.29, 1.82) is 0 Å². The zero-order valence-electron chi connectivity index (χ0n) is 14.7. The van der Waals surface area contributed by atoms with Crippen molar-refractivity contribution in [3.8, 4) is 0 Å². The average molecular weight is 374 g/mol. The number of amides is 2. The highest BCUT2D eigenvalue weighted by Gasteiger charge is 2.27. The first-order valence-electron chi connectivity index (χ1n) is 8.65. The molecule has 2 aromatic rings. The van der Waals surface area contributed by atoms with Crippen molar-refractivity contribution >= 4 is 39.2 Å². The van der Waals surface area contributed by atoms with Crippen LogP contribution in [0.15, 0.2) is 29.6 Å². The molecule has 138 valence electrons. The van der Waals surface area contributed by atoms with E-state index in [-0.39, 0.29) is 30.7 Å². The summed E-state index contributed by atoms with van der Waals surface area (Å²) in [7, 11) is 1.64. The molecule has 2 heterocycles. The first kappa shape index (κ1) is 18.4. The maximum atomic E-state index is 12.5. The van der Waals surface area contributed by atoms with Crippen molar-refractivity contribution in [2.24, 2.45) is 5.92 Å². The summed E-state index contributed by atoms with van der Waals surface area (Å²) >= 11 is 1.61. The fourth-order valence-corrected chi connectivity index (χ4v) is 4.20. The van der Waals surface area contributed by atoms with Crippen molar-refractivity contribution < 1.29 is 19.5 Å². The lowest BCUT2D eigenvalue weighted by atomic mass is 9.97. The topological polar surface area (TPSA) is 77.9 Å². The molecule has 0 spiro atoms. The third-order valence-electron chi connectivity index (χ3n) is 4.90. The first-order valence-corrected chi connectivity index (χ1v) is 9.53. The lowest BCUT2D eigenvalue weighted by Gasteiger charge is -2.31. The third-order valence-corrected chi connectivity index (χ3v) is 5.91. The molecular weight excluding hydrogens is 352 g/mol. The van der Waals surface area contributed by atoms with Gasteiger partial charge in [0.15, 0.2) is 0 Å². The minimum atomic E-state index is -0.799. The third kappa shape index (κ3) is 4.04. The fraction of sp³-hybridized carbons (Fsp3) is 0.421. The molecule has 0 saturated carbocycles. The lowest BCUT2D eigenvalue weighted by molar-refractivity contribution is -0.146. The van der Waals surface area contributed by atoms with Gasteiger partial charge in [-0.2, -0.15) is 0 Å². The number of likely N-dealkylation sites (N-methyl/N-ethyl adjacent to an activating group) is 1. The number of carboxylic acid groups (broad SMARTS) is 1. The van der Waals surface area contributed by atoms with Gasteiger partial charge in [0.05, 0.1) is 18.9 Å². The highest BCUT2D eigenvalue weighted by atomic mass is 32.1. The second-order valence-corrected chi connectivity index (χ2v) is 7.59. The normalized spacial score (nSPS) is 15.2. The van der Waals surface area contributed by atoms with Crippen molar-refractivity contribution in [3.63, 3.8) is 0 Å². The Morgan fingerprint density at radius 2 is 1.92 bits per heavy atom. The Morgan fingerprint density at radius 3 is 2.62 bits per heavy atom. The Hall–Kier alpha value is -2.41. The summed E-state index contributed by atoms with van der Waals surface area (Å²) in [6.07, 6.45) is 1.22. The maximum absolute atomic E-state index is 12.5. The van der Waals surface area contributed by atoms with Gasteiger partial charge in [0.2, 0.25) is 11.8 Å². The van der Waals surface area contributed by atoms with Crippen molar-refractivity contribution in [2.45, 2.75) is 19.3 Å². The van der Waals surface area contributed by atoms with Crippen LogP contribution in [0, 0.1) is 5.92 Å². The van der Waals surface area contributed by atoms with Gasteiger partial charge < -0.3 is 14.9 Å². The number of piperidine rings is 1. The van der Waals surface area contributed by atoms with Gasteiger partial charge in [-0.3, -0.25) is 14.4 Å². The van der Waals surface area contributed by atoms with Crippen molar-refractivity contribution in [2.75, 3.05) is 26.7 Å². The smallest absolute Gasteiger partial charge is 0.306 e. The molecule has 1 aliphatic rings. The summed E-state index contributed by atoms with van der Waals surface area (Å²) in [5.74, 6) is -1.39. The fourth-order valence-electron chi connectivity index (χ4n) is 3.23. The van der Waals surface area contributed by atoms with Crippen molar-refractivity contribution in [1.82, 2.24) is 9.80 Å². The Labute approximate surface area is 156 Å². The predicted octanol–water partition coefficient (Wildman–Crippen LogP) is 2.23. The van der Waals surface area contributed by atoms with Crippen molar-refractivity contribution in [3.05, 3.63) is 35.2 Å². The molecular formula is C19H22N2O4S. The molecule has 26 heavy (non-hydrogen) atoms. The van der Waals surface area contributed by atoms with E-state index in [9.17, 15) is 14.4 Å². The molecule has 0 aliphatic carbocycles. The van der Waals surface area contributed by atoms with Gasteiger partial charge in [-0.25, -0.2) is 0 Å². The first-order chi connectivity index (χ1) is 12.5. The van der Waals surface area contributed by atoms with E-state index in [0.29, 0.717) is 25.9 Å². The van der Waals surface area contributed by atoms with Gasteiger partial charge in [0.25, 0.3) is 0 Å². The zero-order valence-corrected chi connectivity index (χ0v) is 15.5. The number of carboxylic acids is 1. The monoisotopic (exact) mass is 374 g/mol. The van der Waals surface area contributed by atoms with Crippen LogP contribution in [0.4, 0.5) is 0 Å².